The summed E-state index contributed by atoms with van der Waals surface area (Å²) < 4.78 is 5.45. The molecule has 5 rings (SSSR count). The SMILES string of the molecule is COc1cccc2[nH]c(C(=O)N3CC(=O)N(Cc4ccccc4)CC3Cc3ccccc3)cc12. The van der Waals surface area contributed by atoms with Gasteiger partial charge in [0.2, 0.25) is 5.91 Å². The van der Waals surface area contributed by atoms with Crippen LogP contribution in [-0.2, 0) is 17.8 Å². The van der Waals surface area contributed by atoms with Crippen molar-refractivity contribution in [2.75, 3.05) is 20.2 Å². The summed E-state index contributed by atoms with van der Waals surface area (Å²) in [6.45, 7) is 1.07. The van der Waals surface area contributed by atoms with Crippen LogP contribution < -0.4 is 4.74 Å². The lowest BCUT2D eigenvalue weighted by Gasteiger charge is -2.41. The Morgan fingerprint density at radius 3 is 2.38 bits per heavy atom. The first-order valence-corrected chi connectivity index (χ1v) is 11.4. The number of methoxy groups -OCH3 is 1. The number of rotatable bonds is 6. The van der Waals surface area contributed by atoms with Gasteiger partial charge >= 0.3 is 0 Å². The summed E-state index contributed by atoms with van der Waals surface area (Å²) in [5, 5.41) is 0.849. The van der Waals surface area contributed by atoms with Crippen LogP contribution in [0.25, 0.3) is 10.9 Å². The lowest BCUT2D eigenvalue weighted by atomic mass is 10.0. The van der Waals surface area contributed by atoms with Crippen molar-refractivity contribution in [2.24, 2.45) is 0 Å². The molecule has 3 aromatic carbocycles. The molecule has 34 heavy (non-hydrogen) atoms. The second-order valence-electron chi connectivity index (χ2n) is 8.64. The van der Waals surface area contributed by atoms with Gasteiger partial charge in [-0.25, -0.2) is 0 Å². The van der Waals surface area contributed by atoms with Crippen molar-refractivity contribution in [1.82, 2.24) is 14.8 Å². The predicted octanol–water partition coefficient (Wildman–Crippen LogP) is 4.27. The topological polar surface area (TPSA) is 65.6 Å². The number of aromatic nitrogens is 1. The lowest BCUT2D eigenvalue weighted by molar-refractivity contribution is -0.137. The number of carbonyl (C=O) groups is 2. The second kappa shape index (κ2) is 9.43. The third kappa shape index (κ3) is 4.39. The van der Waals surface area contributed by atoms with Crippen LogP contribution in [0.5, 0.6) is 5.75 Å². The second-order valence-corrected chi connectivity index (χ2v) is 8.64. The average Bonchev–Trinajstić information content (AvgIpc) is 3.31. The lowest BCUT2D eigenvalue weighted by Crippen LogP contribution is -2.58. The van der Waals surface area contributed by atoms with Crippen LogP contribution >= 0.6 is 0 Å². The van der Waals surface area contributed by atoms with Crippen LogP contribution in [0.2, 0.25) is 0 Å². The first-order chi connectivity index (χ1) is 16.6. The first-order valence-electron chi connectivity index (χ1n) is 11.4. The van der Waals surface area contributed by atoms with Gasteiger partial charge in [0, 0.05) is 24.0 Å². The van der Waals surface area contributed by atoms with Crippen LogP contribution in [0.4, 0.5) is 0 Å². The van der Waals surface area contributed by atoms with E-state index in [0.29, 0.717) is 31.0 Å². The van der Waals surface area contributed by atoms with Crippen LogP contribution in [0.3, 0.4) is 0 Å². The van der Waals surface area contributed by atoms with Crippen molar-refractivity contribution in [3.05, 3.63) is 102 Å². The Kier molecular flexibility index (Phi) is 6.04. The molecule has 0 aliphatic carbocycles. The summed E-state index contributed by atoms with van der Waals surface area (Å²) in [7, 11) is 1.61. The average molecular weight is 454 g/mol. The zero-order valence-electron chi connectivity index (χ0n) is 19.1. The van der Waals surface area contributed by atoms with E-state index in [1.54, 1.807) is 12.0 Å². The molecule has 1 unspecified atom stereocenters. The van der Waals surface area contributed by atoms with Crippen molar-refractivity contribution in [3.63, 3.8) is 0 Å². The number of benzene rings is 3. The monoisotopic (exact) mass is 453 g/mol. The van der Waals surface area contributed by atoms with Crippen molar-refractivity contribution in [1.29, 1.82) is 0 Å². The summed E-state index contributed by atoms with van der Waals surface area (Å²) in [6.07, 6.45) is 0.675. The number of hydrogen-bond acceptors (Lipinski definition) is 3. The fourth-order valence-corrected chi connectivity index (χ4v) is 4.66. The largest absolute Gasteiger partial charge is 0.496 e. The molecule has 6 heteroatoms. The smallest absolute Gasteiger partial charge is 0.271 e. The van der Waals surface area contributed by atoms with Crippen molar-refractivity contribution >= 4 is 22.7 Å². The highest BCUT2D eigenvalue weighted by molar-refractivity contribution is 6.01. The number of carbonyl (C=O) groups excluding carboxylic acids is 2. The Morgan fingerprint density at radius 1 is 0.971 bits per heavy atom. The van der Waals surface area contributed by atoms with Gasteiger partial charge in [-0.1, -0.05) is 66.7 Å². The molecule has 2 heterocycles. The third-order valence-electron chi connectivity index (χ3n) is 6.40. The van der Waals surface area contributed by atoms with Crippen molar-refractivity contribution in [2.45, 2.75) is 19.0 Å². The Balaban J connectivity index is 1.44. The highest BCUT2D eigenvalue weighted by atomic mass is 16.5. The quantitative estimate of drug-likeness (QED) is 0.474. The summed E-state index contributed by atoms with van der Waals surface area (Å²) in [4.78, 5) is 33.6. The molecule has 1 aliphatic heterocycles. The number of ether oxygens (including phenoxy) is 1. The predicted molar refractivity (Wildman–Crippen MR) is 132 cm³/mol. The standard InChI is InChI=1S/C28H27N3O3/c1-34-26-14-8-13-24-23(26)16-25(29-24)28(33)31-19-27(32)30(17-21-11-6-3-7-12-21)18-22(31)15-20-9-4-2-5-10-20/h2-14,16,22,29H,15,17-19H2,1H3. The molecule has 1 saturated heterocycles. The van der Waals surface area contributed by atoms with E-state index < -0.39 is 0 Å². The van der Waals surface area contributed by atoms with E-state index in [-0.39, 0.29) is 24.4 Å². The van der Waals surface area contributed by atoms with Gasteiger partial charge < -0.3 is 19.5 Å². The van der Waals surface area contributed by atoms with E-state index in [9.17, 15) is 9.59 Å². The number of hydrogen-bond donors (Lipinski definition) is 1. The maximum Gasteiger partial charge on any atom is 0.271 e. The van der Waals surface area contributed by atoms with Crippen LogP contribution in [0.1, 0.15) is 21.6 Å². The van der Waals surface area contributed by atoms with Gasteiger partial charge in [0.1, 0.15) is 18.0 Å². The molecule has 0 spiro atoms. The number of H-pyrrole nitrogens is 1. The molecule has 0 bridgehead atoms. The Morgan fingerprint density at radius 2 is 1.68 bits per heavy atom. The van der Waals surface area contributed by atoms with E-state index in [1.165, 1.54) is 0 Å². The molecular weight excluding hydrogens is 426 g/mol. The molecule has 1 aromatic heterocycles. The Bertz CT molecular complexity index is 1300. The van der Waals surface area contributed by atoms with E-state index in [0.717, 1.165) is 22.0 Å². The minimum Gasteiger partial charge on any atom is -0.496 e. The van der Waals surface area contributed by atoms with Gasteiger partial charge in [-0.15, -0.1) is 0 Å². The number of nitrogens with one attached hydrogen (secondary N) is 1. The van der Waals surface area contributed by atoms with Gasteiger partial charge in [0.25, 0.3) is 5.91 Å². The molecular formula is C28H27N3O3. The van der Waals surface area contributed by atoms with Crippen LogP contribution in [0.15, 0.2) is 84.9 Å². The van der Waals surface area contributed by atoms with E-state index in [4.69, 9.17) is 4.74 Å². The normalized spacial score (nSPS) is 16.1. The molecule has 0 radical (unpaired) electrons. The van der Waals surface area contributed by atoms with Gasteiger partial charge in [-0.3, -0.25) is 9.59 Å². The van der Waals surface area contributed by atoms with Crippen molar-refractivity contribution < 1.29 is 14.3 Å². The minimum atomic E-state index is -0.174. The van der Waals surface area contributed by atoms with Gasteiger partial charge in [-0.2, -0.15) is 0 Å². The number of nitrogens with zero attached hydrogens (tertiary/aromatic N) is 2. The molecule has 1 aliphatic rings. The summed E-state index contributed by atoms with van der Waals surface area (Å²) in [5.41, 5.74) is 3.51. The molecule has 1 N–H and O–H groups in total. The molecule has 2 amide bonds. The van der Waals surface area contributed by atoms with E-state index in [2.05, 4.69) is 17.1 Å². The van der Waals surface area contributed by atoms with Crippen LogP contribution in [-0.4, -0.2) is 52.8 Å². The maximum absolute atomic E-state index is 13.7. The molecule has 6 nitrogen and oxygen atoms in total. The zero-order valence-corrected chi connectivity index (χ0v) is 19.1. The first kappa shape index (κ1) is 21.8. The summed E-state index contributed by atoms with van der Waals surface area (Å²) in [5.74, 6) is 0.486. The maximum atomic E-state index is 13.7. The van der Waals surface area contributed by atoms with Crippen LogP contribution in [0, 0.1) is 0 Å². The Labute approximate surface area is 198 Å². The zero-order chi connectivity index (χ0) is 23.5. The minimum absolute atomic E-state index is 0.0461. The molecule has 4 aromatic rings. The fourth-order valence-electron chi connectivity index (χ4n) is 4.66. The summed E-state index contributed by atoms with van der Waals surface area (Å²) in [6, 6.07) is 27.4. The number of aromatic amines is 1. The highest BCUT2D eigenvalue weighted by Gasteiger charge is 2.36. The highest BCUT2D eigenvalue weighted by Crippen LogP contribution is 2.28. The number of fused-ring (bicyclic) bond motifs is 1. The number of piperazine rings is 1. The fraction of sp³-hybridized carbons (Fsp3) is 0.214. The van der Waals surface area contributed by atoms with E-state index >= 15 is 0 Å². The van der Waals surface area contributed by atoms with Crippen molar-refractivity contribution in [3.8, 4) is 5.75 Å². The van der Waals surface area contributed by atoms with Gasteiger partial charge in [0.05, 0.1) is 13.2 Å². The summed E-state index contributed by atoms with van der Waals surface area (Å²) >= 11 is 0. The van der Waals surface area contributed by atoms with E-state index in [1.807, 2.05) is 77.7 Å². The molecule has 172 valence electrons. The Hall–Kier alpha value is -4.06. The van der Waals surface area contributed by atoms with Gasteiger partial charge in [0.15, 0.2) is 0 Å². The molecule has 1 fully saturated rings. The number of amides is 2. The third-order valence-corrected chi connectivity index (χ3v) is 6.40. The molecule has 1 atom stereocenters. The van der Waals surface area contributed by atoms with Gasteiger partial charge in [-0.05, 0) is 35.7 Å². The molecule has 0 saturated carbocycles.